The van der Waals surface area contributed by atoms with Gasteiger partial charge in [-0.15, -0.1) is 0 Å². The summed E-state index contributed by atoms with van der Waals surface area (Å²) in [6, 6.07) is 9.50. The van der Waals surface area contributed by atoms with Crippen molar-refractivity contribution in [3.8, 4) is 6.07 Å². The standard InChI is InChI=1S/C14H17NO2/c1-2-3-13-8-9-16-14(17-13)12-6-4-11(10-15)5-7-12/h4-7,13-14H,2-3,8-9H2,1H3. The fourth-order valence-corrected chi connectivity index (χ4v) is 2.01. The number of nitriles is 1. The van der Waals surface area contributed by atoms with Crippen molar-refractivity contribution in [2.75, 3.05) is 6.61 Å². The quantitative estimate of drug-likeness (QED) is 0.802. The first-order chi connectivity index (χ1) is 8.33. The first-order valence-electron chi connectivity index (χ1n) is 6.10. The molecule has 0 amide bonds. The highest BCUT2D eigenvalue weighted by Gasteiger charge is 2.23. The van der Waals surface area contributed by atoms with Gasteiger partial charge < -0.3 is 9.47 Å². The van der Waals surface area contributed by atoms with Gasteiger partial charge in [-0.2, -0.15) is 5.26 Å². The summed E-state index contributed by atoms with van der Waals surface area (Å²) < 4.78 is 11.5. The van der Waals surface area contributed by atoms with E-state index in [1.807, 2.05) is 12.1 Å². The Bertz CT molecular complexity index is 392. The van der Waals surface area contributed by atoms with E-state index >= 15 is 0 Å². The van der Waals surface area contributed by atoms with Crippen LogP contribution in [-0.2, 0) is 9.47 Å². The average molecular weight is 231 g/mol. The molecule has 1 heterocycles. The third-order valence-electron chi connectivity index (χ3n) is 2.95. The molecule has 0 bridgehead atoms. The molecule has 3 heteroatoms. The van der Waals surface area contributed by atoms with Gasteiger partial charge in [0.25, 0.3) is 0 Å². The first kappa shape index (κ1) is 12.1. The van der Waals surface area contributed by atoms with Crippen molar-refractivity contribution in [3.63, 3.8) is 0 Å². The zero-order valence-corrected chi connectivity index (χ0v) is 10.1. The Kier molecular flexibility index (Phi) is 4.13. The number of hydrogen-bond donors (Lipinski definition) is 0. The highest BCUT2D eigenvalue weighted by molar-refractivity contribution is 5.32. The van der Waals surface area contributed by atoms with Gasteiger partial charge in [0.1, 0.15) is 0 Å². The van der Waals surface area contributed by atoms with Crippen LogP contribution in [0.1, 0.15) is 43.6 Å². The van der Waals surface area contributed by atoms with E-state index in [1.54, 1.807) is 12.1 Å². The molecular weight excluding hydrogens is 214 g/mol. The molecule has 1 fully saturated rings. The maximum atomic E-state index is 8.74. The lowest BCUT2D eigenvalue weighted by atomic mass is 10.1. The number of benzene rings is 1. The lowest BCUT2D eigenvalue weighted by molar-refractivity contribution is -0.218. The minimum absolute atomic E-state index is 0.270. The van der Waals surface area contributed by atoms with E-state index in [0.29, 0.717) is 11.7 Å². The Morgan fingerprint density at radius 1 is 1.35 bits per heavy atom. The van der Waals surface area contributed by atoms with Crippen molar-refractivity contribution in [2.24, 2.45) is 0 Å². The van der Waals surface area contributed by atoms with Crippen LogP contribution in [0, 0.1) is 11.3 Å². The second-order valence-corrected chi connectivity index (χ2v) is 4.27. The summed E-state index contributed by atoms with van der Waals surface area (Å²) in [5.41, 5.74) is 1.65. The summed E-state index contributed by atoms with van der Waals surface area (Å²) in [4.78, 5) is 0. The highest BCUT2D eigenvalue weighted by atomic mass is 16.7. The Labute approximate surface area is 102 Å². The van der Waals surface area contributed by atoms with Crippen molar-refractivity contribution in [1.29, 1.82) is 5.26 Å². The van der Waals surface area contributed by atoms with Crippen molar-refractivity contribution >= 4 is 0 Å². The molecule has 2 atom stereocenters. The van der Waals surface area contributed by atoms with Gasteiger partial charge in [-0.1, -0.05) is 25.5 Å². The topological polar surface area (TPSA) is 42.2 Å². The van der Waals surface area contributed by atoms with E-state index in [-0.39, 0.29) is 6.29 Å². The van der Waals surface area contributed by atoms with Crippen molar-refractivity contribution in [2.45, 2.75) is 38.6 Å². The van der Waals surface area contributed by atoms with Gasteiger partial charge >= 0.3 is 0 Å². The Morgan fingerprint density at radius 2 is 2.12 bits per heavy atom. The lowest BCUT2D eigenvalue weighted by Gasteiger charge is -2.30. The Morgan fingerprint density at radius 3 is 2.76 bits per heavy atom. The van der Waals surface area contributed by atoms with Crippen molar-refractivity contribution < 1.29 is 9.47 Å². The van der Waals surface area contributed by atoms with Crippen LogP contribution >= 0.6 is 0 Å². The third kappa shape index (κ3) is 3.06. The van der Waals surface area contributed by atoms with Crippen LogP contribution in [-0.4, -0.2) is 12.7 Å². The molecule has 3 nitrogen and oxygen atoms in total. The molecule has 0 radical (unpaired) electrons. The maximum absolute atomic E-state index is 8.74. The smallest absolute Gasteiger partial charge is 0.184 e. The molecule has 1 aromatic carbocycles. The predicted octanol–water partition coefficient (Wildman–Crippen LogP) is 3.16. The number of nitrogens with zero attached hydrogens (tertiary/aromatic N) is 1. The predicted molar refractivity (Wildman–Crippen MR) is 64.2 cm³/mol. The molecule has 0 saturated carbocycles. The van der Waals surface area contributed by atoms with E-state index < -0.39 is 0 Å². The van der Waals surface area contributed by atoms with Gasteiger partial charge in [-0.05, 0) is 25.0 Å². The molecule has 0 spiro atoms. The Balaban J connectivity index is 2.03. The molecule has 0 aliphatic carbocycles. The first-order valence-corrected chi connectivity index (χ1v) is 6.10. The van der Waals surface area contributed by atoms with Crippen LogP contribution in [0.3, 0.4) is 0 Å². The summed E-state index contributed by atoms with van der Waals surface area (Å²) in [6.07, 6.45) is 3.21. The van der Waals surface area contributed by atoms with Gasteiger partial charge in [-0.25, -0.2) is 0 Å². The minimum atomic E-state index is -0.270. The molecule has 2 rings (SSSR count). The van der Waals surface area contributed by atoms with Gasteiger partial charge in [0, 0.05) is 5.56 Å². The fourth-order valence-electron chi connectivity index (χ4n) is 2.01. The van der Waals surface area contributed by atoms with Gasteiger partial charge in [0.15, 0.2) is 6.29 Å². The summed E-state index contributed by atoms with van der Waals surface area (Å²) in [6.45, 7) is 2.91. The fraction of sp³-hybridized carbons (Fsp3) is 0.500. The SMILES string of the molecule is CCCC1CCOC(c2ccc(C#N)cc2)O1. The van der Waals surface area contributed by atoms with Crippen LogP contribution in [0.25, 0.3) is 0 Å². The van der Waals surface area contributed by atoms with Crippen LogP contribution in [0.15, 0.2) is 24.3 Å². The molecule has 1 saturated heterocycles. The molecule has 1 aliphatic heterocycles. The van der Waals surface area contributed by atoms with E-state index in [1.165, 1.54) is 0 Å². The van der Waals surface area contributed by atoms with Crippen molar-refractivity contribution in [1.82, 2.24) is 0 Å². The normalized spacial score (nSPS) is 24.2. The monoisotopic (exact) mass is 231 g/mol. The molecule has 0 N–H and O–H groups in total. The molecule has 0 aromatic heterocycles. The largest absolute Gasteiger partial charge is 0.348 e. The highest BCUT2D eigenvalue weighted by Crippen LogP contribution is 2.28. The van der Waals surface area contributed by atoms with Crippen molar-refractivity contribution in [3.05, 3.63) is 35.4 Å². The molecule has 90 valence electrons. The van der Waals surface area contributed by atoms with E-state index in [4.69, 9.17) is 14.7 Å². The van der Waals surface area contributed by atoms with E-state index in [0.717, 1.165) is 31.4 Å². The maximum Gasteiger partial charge on any atom is 0.184 e. The summed E-state index contributed by atoms with van der Waals surface area (Å²) >= 11 is 0. The second-order valence-electron chi connectivity index (χ2n) is 4.27. The van der Waals surface area contributed by atoms with Gasteiger partial charge in [0.2, 0.25) is 0 Å². The van der Waals surface area contributed by atoms with Gasteiger partial charge in [-0.3, -0.25) is 0 Å². The molecule has 2 unspecified atom stereocenters. The van der Waals surface area contributed by atoms with Crippen LogP contribution in [0.2, 0.25) is 0 Å². The number of rotatable bonds is 3. The number of hydrogen-bond acceptors (Lipinski definition) is 3. The summed E-state index contributed by atoms with van der Waals surface area (Å²) in [5, 5.41) is 8.74. The minimum Gasteiger partial charge on any atom is -0.348 e. The lowest BCUT2D eigenvalue weighted by Crippen LogP contribution is -2.26. The summed E-state index contributed by atoms with van der Waals surface area (Å²) in [5.74, 6) is 0. The van der Waals surface area contributed by atoms with Gasteiger partial charge in [0.05, 0.1) is 24.3 Å². The third-order valence-corrected chi connectivity index (χ3v) is 2.95. The van der Waals surface area contributed by atoms with E-state index in [9.17, 15) is 0 Å². The summed E-state index contributed by atoms with van der Waals surface area (Å²) in [7, 11) is 0. The zero-order chi connectivity index (χ0) is 12.1. The molecule has 1 aliphatic rings. The van der Waals surface area contributed by atoms with Crippen LogP contribution in [0.4, 0.5) is 0 Å². The van der Waals surface area contributed by atoms with E-state index in [2.05, 4.69) is 13.0 Å². The Hall–Kier alpha value is -1.37. The molecule has 17 heavy (non-hydrogen) atoms. The van der Waals surface area contributed by atoms with Crippen LogP contribution in [0.5, 0.6) is 0 Å². The average Bonchev–Trinajstić information content (AvgIpc) is 2.40. The second kappa shape index (κ2) is 5.81. The molecular formula is C14H17NO2. The number of ether oxygens (including phenoxy) is 2. The zero-order valence-electron chi connectivity index (χ0n) is 10.1. The van der Waals surface area contributed by atoms with Crippen LogP contribution < -0.4 is 0 Å². The molecule has 1 aromatic rings.